The fourth-order valence-corrected chi connectivity index (χ4v) is 2.58. The van der Waals surface area contributed by atoms with E-state index < -0.39 is 5.97 Å². The first kappa shape index (κ1) is 23.6. The van der Waals surface area contributed by atoms with Crippen LogP contribution in [0.15, 0.2) is 53.5 Å². The molecule has 164 valence electrons. The van der Waals surface area contributed by atoms with Gasteiger partial charge < -0.3 is 28.8 Å². The quantitative estimate of drug-likeness (QED) is 0.350. The van der Waals surface area contributed by atoms with E-state index in [1.54, 1.807) is 19.2 Å². The van der Waals surface area contributed by atoms with Crippen LogP contribution in [-0.2, 0) is 36.9 Å². The minimum Gasteiger partial charge on any atom is -0.465 e. The van der Waals surface area contributed by atoms with Crippen LogP contribution < -0.4 is 10.9 Å². The Balaban J connectivity index is 1.49. The molecule has 0 spiro atoms. The first-order valence-electron chi connectivity index (χ1n) is 10.1. The average molecular weight is 418 g/mol. The van der Waals surface area contributed by atoms with Gasteiger partial charge in [-0.05, 0) is 18.6 Å². The number of benzene rings is 1. The molecule has 30 heavy (non-hydrogen) atoms. The number of nitrogens with zero attached hydrogens (tertiary/aromatic N) is 1. The van der Waals surface area contributed by atoms with Gasteiger partial charge in [0.05, 0.1) is 51.9 Å². The van der Waals surface area contributed by atoms with Gasteiger partial charge in [0.15, 0.2) is 0 Å². The van der Waals surface area contributed by atoms with Crippen molar-refractivity contribution in [3.63, 3.8) is 0 Å². The summed E-state index contributed by atoms with van der Waals surface area (Å²) in [5.41, 5.74) is 1.62. The van der Waals surface area contributed by atoms with Crippen molar-refractivity contribution in [1.82, 2.24) is 4.57 Å². The van der Waals surface area contributed by atoms with E-state index in [9.17, 15) is 9.59 Å². The first-order valence-corrected chi connectivity index (χ1v) is 10.1. The van der Waals surface area contributed by atoms with Gasteiger partial charge in [-0.25, -0.2) is 0 Å². The van der Waals surface area contributed by atoms with Crippen LogP contribution in [0.2, 0.25) is 0 Å². The van der Waals surface area contributed by atoms with E-state index in [1.807, 2.05) is 30.3 Å². The minimum atomic E-state index is -0.439. The van der Waals surface area contributed by atoms with Crippen molar-refractivity contribution in [3.05, 3.63) is 64.6 Å². The minimum absolute atomic E-state index is 0.106. The van der Waals surface area contributed by atoms with Gasteiger partial charge in [0.2, 0.25) is 0 Å². The van der Waals surface area contributed by atoms with Gasteiger partial charge in [-0.2, -0.15) is 0 Å². The predicted octanol–water partition coefficient (Wildman–Crippen LogP) is 2.07. The van der Waals surface area contributed by atoms with Crippen molar-refractivity contribution in [2.45, 2.75) is 20.1 Å². The summed E-state index contributed by atoms with van der Waals surface area (Å²) in [6.07, 6.45) is 1.60. The molecule has 1 aromatic heterocycles. The highest BCUT2D eigenvalue weighted by Crippen LogP contribution is 2.03. The number of rotatable bonds is 15. The fourth-order valence-electron chi connectivity index (χ4n) is 2.58. The van der Waals surface area contributed by atoms with Crippen LogP contribution in [0.25, 0.3) is 0 Å². The lowest BCUT2D eigenvalue weighted by molar-refractivity contribution is -0.143. The zero-order valence-electron chi connectivity index (χ0n) is 17.4. The Hall–Kier alpha value is -2.68. The van der Waals surface area contributed by atoms with Crippen molar-refractivity contribution < 1.29 is 23.7 Å². The Morgan fingerprint density at radius 3 is 2.37 bits per heavy atom. The molecule has 0 amide bonds. The zero-order valence-corrected chi connectivity index (χ0v) is 17.4. The maximum Gasteiger partial charge on any atom is 0.326 e. The number of carbonyl (C=O) groups is 1. The van der Waals surface area contributed by atoms with E-state index >= 15 is 0 Å². The largest absolute Gasteiger partial charge is 0.465 e. The molecule has 1 N–H and O–H groups in total. The Labute approximate surface area is 176 Å². The second-order valence-electron chi connectivity index (χ2n) is 6.38. The molecule has 0 radical (unpaired) electrons. The number of esters is 1. The number of pyridine rings is 1. The van der Waals surface area contributed by atoms with E-state index in [-0.39, 0.29) is 18.7 Å². The summed E-state index contributed by atoms with van der Waals surface area (Å²) in [5, 5.41) is 3.15. The normalized spacial score (nSPS) is 10.7. The summed E-state index contributed by atoms with van der Waals surface area (Å²) >= 11 is 0. The molecule has 0 saturated heterocycles. The third-order valence-electron chi connectivity index (χ3n) is 4.02. The van der Waals surface area contributed by atoms with E-state index in [1.165, 1.54) is 10.6 Å². The molecule has 0 saturated carbocycles. The molecular formula is C22H30N2O6. The molecule has 0 fully saturated rings. The molecule has 0 bridgehead atoms. The van der Waals surface area contributed by atoms with Gasteiger partial charge in [-0.1, -0.05) is 30.3 Å². The lowest BCUT2D eigenvalue weighted by Crippen LogP contribution is -2.25. The Morgan fingerprint density at radius 1 is 0.933 bits per heavy atom. The van der Waals surface area contributed by atoms with Crippen molar-refractivity contribution in [3.8, 4) is 0 Å². The van der Waals surface area contributed by atoms with Crippen molar-refractivity contribution in [2.24, 2.45) is 0 Å². The maximum absolute atomic E-state index is 11.8. The van der Waals surface area contributed by atoms with Crippen LogP contribution in [0.5, 0.6) is 0 Å². The highest BCUT2D eigenvalue weighted by atomic mass is 16.5. The molecule has 0 aliphatic carbocycles. The van der Waals surface area contributed by atoms with E-state index in [4.69, 9.17) is 18.9 Å². The molecule has 8 heteroatoms. The smallest absolute Gasteiger partial charge is 0.326 e. The van der Waals surface area contributed by atoms with Crippen molar-refractivity contribution in [2.75, 3.05) is 51.5 Å². The zero-order chi connectivity index (χ0) is 21.4. The fraction of sp³-hybridized carbons (Fsp3) is 0.455. The lowest BCUT2D eigenvalue weighted by Gasteiger charge is -2.10. The molecule has 1 heterocycles. The molecule has 0 atom stereocenters. The van der Waals surface area contributed by atoms with Crippen LogP contribution in [0, 0.1) is 0 Å². The summed E-state index contributed by atoms with van der Waals surface area (Å²) < 4.78 is 22.7. The topological polar surface area (TPSA) is 88.0 Å². The van der Waals surface area contributed by atoms with Crippen molar-refractivity contribution >= 4 is 11.7 Å². The van der Waals surface area contributed by atoms with Crippen LogP contribution in [0.1, 0.15) is 12.5 Å². The number of carbonyl (C=O) groups excluding carboxylic acids is 1. The highest BCUT2D eigenvalue weighted by molar-refractivity contribution is 5.69. The number of hydrogen-bond donors (Lipinski definition) is 1. The van der Waals surface area contributed by atoms with Gasteiger partial charge in [-0.3, -0.25) is 9.59 Å². The second-order valence-corrected chi connectivity index (χ2v) is 6.38. The summed E-state index contributed by atoms with van der Waals surface area (Å²) in [4.78, 5) is 23.3. The van der Waals surface area contributed by atoms with E-state index in [0.717, 1.165) is 11.3 Å². The second kappa shape index (κ2) is 14.3. The van der Waals surface area contributed by atoms with Crippen LogP contribution in [0.3, 0.4) is 0 Å². The summed E-state index contributed by atoms with van der Waals surface area (Å²) in [7, 11) is 0. The van der Waals surface area contributed by atoms with Crippen LogP contribution in [-0.4, -0.2) is 56.7 Å². The predicted molar refractivity (Wildman–Crippen MR) is 114 cm³/mol. The summed E-state index contributed by atoms with van der Waals surface area (Å²) in [6, 6.07) is 13.1. The number of aromatic nitrogens is 1. The first-order chi connectivity index (χ1) is 14.7. The molecule has 0 unspecified atom stereocenters. The Bertz CT molecular complexity index is 794. The van der Waals surface area contributed by atoms with E-state index in [2.05, 4.69) is 5.32 Å². The SMILES string of the molecule is CCOC(=O)Cn1cc(NCCOCCOCCOCc2ccccc2)ccc1=O. The van der Waals surface area contributed by atoms with Crippen LogP contribution >= 0.6 is 0 Å². The molecule has 0 aliphatic heterocycles. The van der Waals surface area contributed by atoms with Gasteiger partial charge >= 0.3 is 5.97 Å². The maximum atomic E-state index is 11.8. The van der Waals surface area contributed by atoms with Gasteiger partial charge in [0.25, 0.3) is 5.56 Å². The van der Waals surface area contributed by atoms with Gasteiger partial charge in [0, 0.05) is 18.8 Å². The molecule has 2 aromatic rings. The molecule has 0 aliphatic rings. The molecule has 1 aromatic carbocycles. The Kier molecular flexibility index (Phi) is 11.3. The number of ether oxygens (including phenoxy) is 4. The van der Waals surface area contributed by atoms with Gasteiger partial charge in [0.1, 0.15) is 6.54 Å². The Morgan fingerprint density at radius 2 is 1.63 bits per heavy atom. The van der Waals surface area contributed by atoms with Crippen molar-refractivity contribution in [1.29, 1.82) is 0 Å². The monoisotopic (exact) mass is 418 g/mol. The average Bonchev–Trinajstić information content (AvgIpc) is 2.75. The molecule has 8 nitrogen and oxygen atoms in total. The molecular weight excluding hydrogens is 388 g/mol. The third kappa shape index (κ3) is 9.69. The number of anilines is 1. The lowest BCUT2D eigenvalue weighted by atomic mass is 10.2. The standard InChI is InChI=1S/C22H30N2O6/c1-2-30-22(26)17-24-16-20(8-9-21(24)25)23-10-11-27-12-13-28-14-15-29-18-19-6-4-3-5-7-19/h3-9,16,23H,2,10-15,17-18H2,1H3. The number of nitrogens with one attached hydrogen (secondary N) is 1. The highest BCUT2D eigenvalue weighted by Gasteiger charge is 2.05. The van der Waals surface area contributed by atoms with Crippen LogP contribution in [0.4, 0.5) is 5.69 Å². The summed E-state index contributed by atoms with van der Waals surface area (Å²) in [6.45, 7) is 5.60. The molecule has 2 rings (SSSR count). The van der Waals surface area contributed by atoms with E-state index in [0.29, 0.717) is 46.2 Å². The van der Waals surface area contributed by atoms with Gasteiger partial charge in [-0.15, -0.1) is 0 Å². The summed E-state index contributed by atoms with van der Waals surface area (Å²) in [5.74, 6) is -0.439. The third-order valence-corrected chi connectivity index (χ3v) is 4.02. The number of hydrogen-bond acceptors (Lipinski definition) is 7.